The summed E-state index contributed by atoms with van der Waals surface area (Å²) in [5, 5.41) is 23.1. The Labute approximate surface area is 251 Å². The van der Waals surface area contributed by atoms with E-state index in [0.29, 0.717) is 52.4 Å². The number of amides is 2. The van der Waals surface area contributed by atoms with Crippen molar-refractivity contribution in [2.75, 3.05) is 34.6 Å². The predicted octanol–water partition coefficient (Wildman–Crippen LogP) is 7.24. The Kier molecular flexibility index (Phi) is 6.30. The van der Waals surface area contributed by atoms with Gasteiger partial charge in [-0.05, 0) is 53.1 Å². The number of hydrogen-bond donors (Lipinski definition) is 2. The fourth-order valence-electron chi connectivity index (χ4n) is 6.67. The van der Waals surface area contributed by atoms with Gasteiger partial charge < -0.3 is 20.0 Å². The predicted molar refractivity (Wildman–Crippen MR) is 166 cm³/mol. The molecule has 6 nitrogen and oxygen atoms in total. The minimum absolute atomic E-state index is 0.0523. The molecule has 4 aromatic rings. The number of carbonyl (C=O) groups excluding carboxylic acids is 2. The average Bonchev–Trinajstić information content (AvgIpc) is 3.76. The molecule has 3 heterocycles. The molecule has 0 saturated heterocycles. The molecule has 0 saturated carbocycles. The minimum atomic E-state index is -0.241. The summed E-state index contributed by atoms with van der Waals surface area (Å²) < 4.78 is 0. The molecule has 3 aliphatic rings. The van der Waals surface area contributed by atoms with Gasteiger partial charge in [0.2, 0.25) is 0 Å². The van der Waals surface area contributed by atoms with Gasteiger partial charge >= 0.3 is 0 Å². The number of carbonyl (C=O) groups is 2. The second-order valence-corrected chi connectivity index (χ2v) is 12.5. The van der Waals surface area contributed by atoms with E-state index in [9.17, 15) is 19.8 Å². The number of rotatable bonds is 4. The first-order valence-electron chi connectivity index (χ1n) is 13.5. The first kappa shape index (κ1) is 26.4. The van der Waals surface area contributed by atoms with E-state index in [0.717, 1.165) is 49.9 Å². The summed E-state index contributed by atoms with van der Waals surface area (Å²) in [5.41, 5.74) is 6.24. The van der Waals surface area contributed by atoms with Crippen molar-refractivity contribution in [3.8, 4) is 11.5 Å². The molecule has 7 rings (SSSR count). The molecule has 1 aliphatic carbocycles. The largest absolute Gasteiger partial charge is 0.508 e. The fourth-order valence-corrected chi connectivity index (χ4v) is 8.08. The van der Waals surface area contributed by atoms with E-state index in [1.807, 2.05) is 31.2 Å². The number of aromatic hydroxyl groups is 2. The normalized spacial score (nSPS) is 19.0. The number of hydrogen-bond acceptors (Lipinski definition) is 5. The second kappa shape index (κ2) is 9.79. The van der Waals surface area contributed by atoms with E-state index < -0.39 is 0 Å². The monoisotopic (exact) mass is 604 g/mol. The van der Waals surface area contributed by atoms with Crippen LogP contribution in [-0.2, 0) is 6.42 Å². The van der Waals surface area contributed by atoms with Crippen molar-refractivity contribution in [1.82, 2.24) is 0 Å². The number of benzene rings is 3. The van der Waals surface area contributed by atoms with Crippen molar-refractivity contribution >= 4 is 74.1 Å². The summed E-state index contributed by atoms with van der Waals surface area (Å²) in [6.07, 6.45) is 2.75. The van der Waals surface area contributed by atoms with E-state index >= 15 is 0 Å². The molecule has 9 heteroatoms. The maximum atomic E-state index is 13.8. The molecule has 2 atom stereocenters. The van der Waals surface area contributed by atoms with Crippen LogP contribution in [0.5, 0.6) is 11.5 Å². The number of anilines is 2. The van der Waals surface area contributed by atoms with Gasteiger partial charge in [-0.25, -0.2) is 0 Å². The Hall–Kier alpha value is -3.52. The summed E-state index contributed by atoms with van der Waals surface area (Å²) in [6, 6.07) is 14.2. The zero-order valence-corrected chi connectivity index (χ0v) is 24.5. The van der Waals surface area contributed by atoms with Crippen LogP contribution in [0.25, 0.3) is 16.3 Å². The number of phenols is 2. The van der Waals surface area contributed by atoms with E-state index in [1.165, 1.54) is 0 Å². The molecule has 208 valence electrons. The summed E-state index contributed by atoms with van der Waals surface area (Å²) in [4.78, 5) is 31.8. The lowest BCUT2D eigenvalue weighted by Gasteiger charge is -2.19. The number of phenolic OH excluding ortho intramolecular Hbond substituents is 2. The molecule has 41 heavy (non-hydrogen) atoms. The highest BCUT2D eigenvalue weighted by molar-refractivity contribution is 7.16. The number of thiophene rings is 1. The van der Waals surface area contributed by atoms with Gasteiger partial charge in [-0.2, -0.15) is 0 Å². The minimum Gasteiger partial charge on any atom is -0.508 e. The summed E-state index contributed by atoms with van der Waals surface area (Å²) >= 11 is 13.9. The molecule has 2 amide bonds. The molecule has 2 aliphatic heterocycles. The Bertz CT molecular complexity index is 1810. The number of allylic oxidation sites excluding steroid dienone is 2. The van der Waals surface area contributed by atoms with Gasteiger partial charge in [0.05, 0.1) is 21.1 Å². The lowest BCUT2D eigenvalue weighted by molar-refractivity contribution is 0.0986. The summed E-state index contributed by atoms with van der Waals surface area (Å²) in [6.45, 7) is 2.82. The van der Waals surface area contributed by atoms with Gasteiger partial charge in [-0.15, -0.1) is 34.5 Å². The molecule has 0 bridgehead atoms. The van der Waals surface area contributed by atoms with Crippen LogP contribution in [0.4, 0.5) is 11.4 Å². The molecule has 1 aromatic heterocycles. The molecular formula is C32H26Cl2N2O4S. The third-order valence-electron chi connectivity index (χ3n) is 8.57. The zero-order valence-electron chi connectivity index (χ0n) is 22.2. The second-order valence-electron chi connectivity index (χ2n) is 10.8. The number of alkyl halides is 2. The van der Waals surface area contributed by atoms with E-state index in [1.54, 1.807) is 34.1 Å². The topological polar surface area (TPSA) is 81.1 Å². The van der Waals surface area contributed by atoms with Crippen molar-refractivity contribution in [3.63, 3.8) is 0 Å². The fraction of sp³-hybridized carbons (Fsp3) is 0.250. The van der Waals surface area contributed by atoms with Crippen molar-refractivity contribution in [2.45, 2.75) is 25.2 Å². The van der Waals surface area contributed by atoms with Crippen LogP contribution in [-0.4, -0.2) is 46.9 Å². The van der Waals surface area contributed by atoms with Crippen LogP contribution >= 0.6 is 34.5 Å². The zero-order chi connectivity index (χ0) is 28.6. The van der Waals surface area contributed by atoms with Crippen molar-refractivity contribution < 1.29 is 19.8 Å². The molecular weight excluding hydrogens is 579 g/mol. The number of fused-ring (bicyclic) bond motifs is 6. The van der Waals surface area contributed by atoms with Crippen molar-refractivity contribution in [1.29, 1.82) is 0 Å². The van der Waals surface area contributed by atoms with E-state index in [-0.39, 0.29) is 35.1 Å². The quantitative estimate of drug-likeness (QED) is 0.241. The van der Waals surface area contributed by atoms with Crippen LogP contribution < -0.4 is 9.80 Å². The SMILES string of the molecule is CC1=CCc2c(O)cc3c(c21)C(CCl)CN3C(=O)c1ccc(C(=O)N2CC(CCl)c3c2cc(O)c2ccccc32)s1. The standard InChI is InChI=1S/C32H26Cl2N2O4S/c1-16-6-7-21-25(38)11-23-30(28(16)21)18(13-34)15-36(23)32(40)27-9-8-26(41-27)31(39)35-14-17(12-33)29-20-5-3-2-4-19(20)24(37)10-22(29)35/h2-6,8-11,17-18,37-38H,7,12-15H2,1H3. The van der Waals surface area contributed by atoms with Gasteiger partial charge in [-0.3, -0.25) is 9.59 Å². The maximum Gasteiger partial charge on any atom is 0.268 e. The average molecular weight is 606 g/mol. The summed E-state index contributed by atoms with van der Waals surface area (Å²) in [5.74, 6) is 0.371. The summed E-state index contributed by atoms with van der Waals surface area (Å²) in [7, 11) is 0. The number of halogens is 2. The lowest BCUT2D eigenvalue weighted by atomic mass is 9.91. The molecule has 2 unspecified atom stereocenters. The van der Waals surface area contributed by atoms with E-state index in [2.05, 4.69) is 6.08 Å². The Balaban J connectivity index is 1.22. The maximum absolute atomic E-state index is 13.8. The Morgan fingerprint density at radius 2 is 1.41 bits per heavy atom. The van der Waals surface area contributed by atoms with Gasteiger partial charge in [0.25, 0.3) is 11.8 Å². The van der Waals surface area contributed by atoms with Crippen molar-refractivity contribution in [2.24, 2.45) is 0 Å². The molecule has 0 radical (unpaired) electrons. The highest BCUT2D eigenvalue weighted by Crippen LogP contribution is 2.49. The Morgan fingerprint density at radius 3 is 2.05 bits per heavy atom. The molecule has 3 aromatic carbocycles. The van der Waals surface area contributed by atoms with Crippen molar-refractivity contribution in [3.05, 3.63) is 86.6 Å². The highest BCUT2D eigenvalue weighted by atomic mass is 35.5. The van der Waals surface area contributed by atoms with Crippen LogP contribution in [0, 0.1) is 0 Å². The van der Waals surface area contributed by atoms with Gasteiger partial charge in [-0.1, -0.05) is 30.3 Å². The highest BCUT2D eigenvalue weighted by Gasteiger charge is 2.39. The van der Waals surface area contributed by atoms with E-state index in [4.69, 9.17) is 23.2 Å². The molecule has 0 fully saturated rings. The van der Waals surface area contributed by atoms with Crippen LogP contribution in [0.15, 0.2) is 54.6 Å². The molecule has 0 spiro atoms. The Morgan fingerprint density at radius 1 is 0.854 bits per heavy atom. The molecule has 2 N–H and O–H groups in total. The third kappa shape index (κ3) is 3.90. The first-order chi connectivity index (χ1) is 19.8. The van der Waals surface area contributed by atoms with Crippen LogP contribution in [0.1, 0.15) is 60.4 Å². The lowest BCUT2D eigenvalue weighted by Crippen LogP contribution is -2.30. The number of nitrogens with zero attached hydrogens (tertiary/aromatic N) is 2. The third-order valence-corrected chi connectivity index (χ3v) is 10.4. The van der Waals surface area contributed by atoms with Gasteiger partial charge in [0, 0.05) is 59.8 Å². The van der Waals surface area contributed by atoms with Crippen LogP contribution in [0.2, 0.25) is 0 Å². The van der Waals surface area contributed by atoms with Crippen LogP contribution in [0.3, 0.4) is 0 Å². The van der Waals surface area contributed by atoms with Gasteiger partial charge in [0.15, 0.2) is 0 Å². The first-order valence-corrected chi connectivity index (χ1v) is 15.4. The van der Waals surface area contributed by atoms with Gasteiger partial charge in [0.1, 0.15) is 11.5 Å². The smallest absolute Gasteiger partial charge is 0.268 e.